The van der Waals surface area contributed by atoms with Gasteiger partial charge in [-0.05, 0) is 65.3 Å². The minimum atomic E-state index is -0.234. The van der Waals surface area contributed by atoms with E-state index in [0.29, 0.717) is 5.69 Å². The third-order valence-corrected chi connectivity index (χ3v) is 3.50. The maximum atomic E-state index is 12.2. The molecule has 0 fully saturated rings. The highest BCUT2D eigenvalue weighted by atomic mass is 16.5. The Labute approximate surface area is 131 Å². The molecule has 0 amide bonds. The van der Waals surface area contributed by atoms with Crippen molar-refractivity contribution in [3.8, 4) is 17.0 Å². The number of ether oxygens (including phenoxy) is 1. The van der Waals surface area contributed by atoms with Crippen molar-refractivity contribution in [3.05, 3.63) is 45.5 Å². The summed E-state index contributed by atoms with van der Waals surface area (Å²) >= 11 is 0. The molecule has 0 saturated heterocycles. The zero-order valence-corrected chi connectivity index (χ0v) is 14.4. The van der Waals surface area contributed by atoms with E-state index in [4.69, 9.17) is 4.74 Å². The average Bonchev–Trinajstić information content (AvgIpc) is 2.37. The normalized spacial score (nSPS) is 11.6. The highest BCUT2D eigenvalue weighted by Crippen LogP contribution is 2.29. The Bertz CT molecular complexity index is 768. The molecular weight excluding hydrogens is 276 g/mol. The smallest absolute Gasteiger partial charge is 0.272 e. The molecule has 0 radical (unpaired) electrons. The first-order chi connectivity index (χ1) is 10.1. The molecule has 0 N–H and O–H groups in total. The fourth-order valence-corrected chi connectivity index (χ4v) is 2.63. The van der Waals surface area contributed by atoms with Crippen molar-refractivity contribution < 1.29 is 4.74 Å². The van der Waals surface area contributed by atoms with E-state index in [1.807, 2.05) is 52.8 Å². The van der Waals surface area contributed by atoms with Crippen LogP contribution in [0.2, 0.25) is 0 Å². The highest BCUT2D eigenvalue weighted by Gasteiger charge is 2.16. The summed E-state index contributed by atoms with van der Waals surface area (Å²) in [6.45, 7) is 11.8. The number of benzene rings is 1. The first-order valence-corrected chi connectivity index (χ1v) is 7.44. The minimum absolute atomic E-state index is 0.0602. The van der Waals surface area contributed by atoms with Crippen LogP contribution < -0.4 is 10.3 Å². The van der Waals surface area contributed by atoms with E-state index in [1.54, 1.807) is 18.5 Å². The van der Waals surface area contributed by atoms with Crippen LogP contribution >= 0.6 is 0 Å². The first kappa shape index (κ1) is 16.3. The minimum Gasteiger partial charge on any atom is -0.488 e. The Hall–Kier alpha value is -2.10. The molecule has 0 bridgehead atoms. The summed E-state index contributed by atoms with van der Waals surface area (Å²) in [5.41, 5.74) is 4.00. The molecule has 4 heteroatoms. The molecule has 0 spiro atoms. The van der Waals surface area contributed by atoms with Gasteiger partial charge >= 0.3 is 0 Å². The molecule has 1 heterocycles. The molecule has 1 aromatic heterocycles. The first-order valence-electron chi connectivity index (χ1n) is 7.44. The van der Waals surface area contributed by atoms with Crippen molar-refractivity contribution in [3.63, 3.8) is 0 Å². The Morgan fingerprint density at radius 2 is 1.73 bits per heavy atom. The molecule has 0 atom stereocenters. The summed E-state index contributed by atoms with van der Waals surface area (Å²) in [6.07, 6.45) is 0. The molecule has 4 nitrogen and oxygen atoms in total. The van der Waals surface area contributed by atoms with Gasteiger partial charge in [-0.3, -0.25) is 9.78 Å². The maximum Gasteiger partial charge on any atom is 0.272 e. The van der Waals surface area contributed by atoms with Gasteiger partial charge in [0.25, 0.3) is 5.56 Å². The predicted molar refractivity (Wildman–Crippen MR) is 89.5 cm³/mol. The molecule has 0 unspecified atom stereocenters. The van der Waals surface area contributed by atoms with Gasteiger partial charge in [0, 0.05) is 12.6 Å². The summed E-state index contributed by atoms with van der Waals surface area (Å²) in [6, 6.07) is 5.94. The second-order valence-electron chi connectivity index (χ2n) is 6.69. The summed E-state index contributed by atoms with van der Waals surface area (Å²) in [5.74, 6) is 0.830. The average molecular weight is 300 g/mol. The van der Waals surface area contributed by atoms with Crippen LogP contribution in [0.3, 0.4) is 0 Å². The zero-order valence-electron chi connectivity index (χ0n) is 14.4. The van der Waals surface area contributed by atoms with Gasteiger partial charge in [-0.2, -0.15) is 0 Å². The standard InChI is InChI=1S/C18H24N2O2/c1-11-10-14(22-18(4,5)6)8-9-15(11)16-12(2)19-13(3)17(21)20(16)7/h8-10H,1-7H3. The van der Waals surface area contributed by atoms with Crippen LogP contribution in [0.25, 0.3) is 11.3 Å². The molecule has 0 aliphatic carbocycles. The fraction of sp³-hybridized carbons (Fsp3) is 0.444. The molecular formula is C18H24N2O2. The van der Waals surface area contributed by atoms with Gasteiger partial charge in [-0.1, -0.05) is 0 Å². The van der Waals surface area contributed by atoms with Crippen molar-refractivity contribution in [2.24, 2.45) is 7.05 Å². The number of nitrogens with zero attached hydrogens (tertiary/aromatic N) is 2. The van der Waals surface area contributed by atoms with Gasteiger partial charge in [-0.25, -0.2) is 0 Å². The predicted octanol–water partition coefficient (Wildman–Crippen LogP) is 3.55. The van der Waals surface area contributed by atoms with Gasteiger partial charge in [0.2, 0.25) is 0 Å². The van der Waals surface area contributed by atoms with Crippen molar-refractivity contribution in [2.45, 2.75) is 47.1 Å². The fourth-order valence-electron chi connectivity index (χ4n) is 2.63. The maximum absolute atomic E-state index is 12.2. The van der Waals surface area contributed by atoms with E-state index in [9.17, 15) is 4.79 Å². The lowest BCUT2D eigenvalue weighted by atomic mass is 10.0. The largest absolute Gasteiger partial charge is 0.488 e. The Kier molecular flexibility index (Phi) is 4.14. The molecule has 118 valence electrons. The Balaban J connectivity index is 2.56. The van der Waals surface area contributed by atoms with Crippen molar-refractivity contribution >= 4 is 0 Å². The lowest BCUT2D eigenvalue weighted by Crippen LogP contribution is -2.24. The van der Waals surface area contributed by atoms with E-state index in [2.05, 4.69) is 4.98 Å². The van der Waals surface area contributed by atoms with Crippen LogP contribution in [0.15, 0.2) is 23.0 Å². The number of rotatable bonds is 2. The number of hydrogen-bond donors (Lipinski definition) is 0. The van der Waals surface area contributed by atoms with Gasteiger partial charge in [-0.15, -0.1) is 0 Å². The SMILES string of the molecule is Cc1cc(OC(C)(C)C)ccc1-c1c(C)nc(C)c(=O)n1C. The topological polar surface area (TPSA) is 44.1 Å². The van der Waals surface area contributed by atoms with Gasteiger partial charge in [0.05, 0.1) is 11.4 Å². The third kappa shape index (κ3) is 3.21. The van der Waals surface area contributed by atoms with Crippen molar-refractivity contribution in [1.82, 2.24) is 9.55 Å². The Morgan fingerprint density at radius 1 is 1.09 bits per heavy atom. The monoisotopic (exact) mass is 300 g/mol. The lowest BCUT2D eigenvalue weighted by Gasteiger charge is -2.22. The summed E-state index contributed by atoms with van der Waals surface area (Å²) < 4.78 is 7.56. The summed E-state index contributed by atoms with van der Waals surface area (Å²) in [5, 5.41) is 0. The molecule has 0 saturated carbocycles. The second-order valence-corrected chi connectivity index (χ2v) is 6.69. The quantitative estimate of drug-likeness (QED) is 0.852. The van der Waals surface area contributed by atoms with Crippen LogP contribution in [0.1, 0.15) is 37.7 Å². The van der Waals surface area contributed by atoms with Crippen LogP contribution in [0.5, 0.6) is 5.75 Å². The molecule has 2 aromatic rings. The van der Waals surface area contributed by atoms with Crippen LogP contribution in [0.4, 0.5) is 0 Å². The number of aromatic nitrogens is 2. The van der Waals surface area contributed by atoms with Gasteiger partial charge in [0.1, 0.15) is 17.0 Å². The van der Waals surface area contributed by atoms with E-state index >= 15 is 0 Å². The van der Waals surface area contributed by atoms with Gasteiger partial charge < -0.3 is 9.30 Å². The van der Waals surface area contributed by atoms with E-state index < -0.39 is 0 Å². The summed E-state index contributed by atoms with van der Waals surface area (Å²) in [4.78, 5) is 16.5. The zero-order chi connectivity index (χ0) is 16.7. The van der Waals surface area contributed by atoms with Gasteiger partial charge in [0.15, 0.2) is 0 Å². The number of aryl methyl sites for hydroxylation is 3. The molecule has 0 aliphatic rings. The lowest BCUT2D eigenvalue weighted by molar-refractivity contribution is 0.131. The van der Waals surface area contributed by atoms with E-state index in [0.717, 1.165) is 28.3 Å². The third-order valence-electron chi connectivity index (χ3n) is 3.50. The van der Waals surface area contributed by atoms with Crippen LogP contribution in [-0.2, 0) is 7.05 Å². The van der Waals surface area contributed by atoms with E-state index in [1.165, 1.54) is 0 Å². The summed E-state index contributed by atoms with van der Waals surface area (Å²) in [7, 11) is 1.79. The van der Waals surface area contributed by atoms with Crippen LogP contribution in [-0.4, -0.2) is 15.2 Å². The number of hydrogen-bond acceptors (Lipinski definition) is 3. The van der Waals surface area contributed by atoms with Crippen LogP contribution in [0, 0.1) is 20.8 Å². The Morgan fingerprint density at radius 3 is 2.27 bits per heavy atom. The highest BCUT2D eigenvalue weighted by molar-refractivity contribution is 5.67. The van der Waals surface area contributed by atoms with Crippen molar-refractivity contribution in [2.75, 3.05) is 0 Å². The molecule has 0 aliphatic heterocycles. The second kappa shape index (κ2) is 5.59. The molecule has 22 heavy (non-hydrogen) atoms. The van der Waals surface area contributed by atoms with Crippen molar-refractivity contribution in [1.29, 1.82) is 0 Å². The van der Waals surface area contributed by atoms with E-state index in [-0.39, 0.29) is 11.2 Å². The molecule has 1 aromatic carbocycles. The molecule has 2 rings (SSSR count).